The lowest BCUT2D eigenvalue weighted by molar-refractivity contribution is -0.137. The number of rotatable bonds is 5. The number of amides is 3. The summed E-state index contributed by atoms with van der Waals surface area (Å²) in [5, 5.41) is 5.31. The van der Waals surface area contributed by atoms with Crippen LogP contribution in [0.4, 0.5) is 19.3 Å². The fourth-order valence-corrected chi connectivity index (χ4v) is 4.84. The van der Waals surface area contributed by atoms with Gasteiger partial charge in [0.15, 0.2) is 0 Å². The first kappa shape index (κ1) is 23.9. The third kappa shape index (κ3) is 5.47. The maximum absolute atomic E-state index is 13.9. The van der Waals surface area contributed by atoms with Crippen LogP contribution < -0.4 is 15.4 Å². The van der Waals surface area contributed by atoms with Crippen LogP contribution in [0.5, 0.6) is 5.75 Å². The van der Waals surface area contributed by atoms with Gasteiger partial charge in [0.25, 0.3) is 0 Å². The number of methoxy groups -OCH3 is 1. The summed E-state index contributed by atoms with van der Waals surface area (Å²) in [5.41, 5.74) is 0.913. The zero-order chi connectivity index (χ0) is 24.2. The highest BCUT2D eigenvalue weighted by atomic mass is 19.1. The van der Waals surface area contributed by atoms with E-state index in [2.05, 4.69) is 15.5 Å². The minimum Gasteiger partial charge on any atom is -0.497 e. The van der Waals surface area contributed by atoms with Gasteiger partial charge in [0.1, 0.15) is 17.4 Å². The van der Waals surface area contributed by atoms with Crippen molar-refractivity contribution in [2.24, 2.45) is 5.92 Å². The van der Waals surface area contributed by atoms with Crippen LogP contribution in [-0.4, -0.2) is 68.1 Å². The minimum absolute atomic E-state index is 0.0640. The third-order valence-corrected chi connectivity index (χ3v) is 6.75. The van der Waals surface area contributed by atoms with Crippen molar-refractivity contribution in [1.82, 2.24) is 15.1 Å². The average Bonchev–Trinajstić information content (AvgIpc) is 3.24. The molecule has 0 spiro atoms. The molecule has 0 bridgehead atoms. The number of halogens is 2. The lowest BCUT2D eigenvalue weighted by atomic mass is 9.87. The van der Waals surface area contributed by atoms with Gasteiger partial charge in [-0.2, -0.15) is 0 Å². The summed E-state index contributed by atoms with van der Waals surface area (Å²) in [6.45, 7) is 3.03. The van der Waals surface area contributed by atoms with Gasteiger partial charge in [0.2, 0.25) is 5.91 Å². The number of anilines is 1. The Balaban J connectivity index is 1.48. The molecular weight excluding hydrogens is 442 g/mol. The molecule has 2 aromatic rings. The zero-order valence-electron chi connectivity index (χ0n) is 19.4. The molecule has 2 aromatic carbocycles. The van der Waals surface area contributed by atoms with E-state index in [9.17, 15) is 18.4 Å². The second-order valence-corrected chi connectivity index (χ2v) is 9.01. The smallest absolute Gasteiger partial charge is 0.319 e. The van der Waals surface area contributed by atoms with E-state index in [0.29, 0.717) is 25.9 Å². The summed E-state index contributed by atoms with van der Waals surface area (Å²) >= 11 is 0. The highest BCUT2D eigenvalue weighted by Gasteiger charge is 2.42. The number of carbonyl (C=O) groups is 2. The van der Waals surface area contributed by atoms with Gasteiger partial charge in [0.05, 0.1) is 12.8 Å². The molecule has 2 fully saturated rings. The van der Waals surface area contributed by atoms with Gasteiger partial charge in [-0.25, -0.2) is 13.6 Å². The van der Waals surface area contributed by atoms with Crippen LogP contribution in [0.2, 0.25) is 0 Å². The van der Waals surface area contributed by atoms with Crippen LogP contribution in [0, 0.1) is 17.6 Å². The van der Waals surface area contributed by atoms with E-state index in [4.69, 9.17) is 4.74 Å². The average molecular weight is 473 g/mol. The molecule has 0 unspecified atom stereocenters. The Hall–Kier alpha value is -3.20. The van der Waals surface area contributed by atoms with Gasteiger partial charge in [0, 0.05) is 44.2 Å². The number of benzene rings is 2. The number of ether oxygens (including phenoxy) is 1. The molecule has 1 saturated carbocycles. The second-order valence-electron chi connectivity index (χ2n) is 9.01. The van der Waals surface area contributed by atoms with Gasteiger partial charge in [-0.1, -0.05) is 12.1 Å². The monoisotopic (exact) mass is 472 g/mol. The Kier molecular flexibility index (Phi) is 7.31. The number of hydrogen-bond acceptors (Lipinski definition) is 4. The van der Waals surface area contributed by atoms with Crippen molar-refractivity contribution in [1.29, 1.82) is 0 Å². The van der Waals surface area contributed by atoms with Crippen molar-refractivity contribution in [3.63, 3.8) is 0 Å². The molecule has 2 N–H and O–H groups in total. The summed E-state index contributed by atoms with van der Waals surface area (Å²) in [7, 11) is 3.65. The van der Waals surface area contributed by atoms with Crippen LogP contribution >= 0.6 is 0 Å². The van der Waals surface area contributed by atoms with E-state index < -0.39 is 17.7 Å². The quantitative estimate of drug-likeness (QED) is 0.700. The fraction of sp³-hybridized carbons (Fsp3) is 0.440. The zero-order valence-corrected chi connectivity index (χ0v) is 19.4. The summed E-state index contributed by atoms with van der Waals surface area (Å²) in [6.07, 6.45) is 1.07. The largest absolute Gasteiger partial charge is 0.497 e. The van der Waals surface area contributed by atoms with E-state index in [0.717, 1.165) is 36.5 Å². The normalized spacial score (nSPS) is 22.9. The molecule has 3 amide bonds. The molecule has 1 heterocycles. The molecule has 2 aliphatic rings. The molecule has 0 aromatic heterocycles. The van der Waals surface area contributed by atoms with E-state index >= 15 is 0 Å². The Morgan fingerprint density at radius 1 is 1.00 bits per heavy atom. The number of likely N-dealkylation sites (N-methyl/N-ethyl adjacent to an activating group) is 1. The second kappa shape index (κ2) is 10.4. The fourth-order valence-electron chi connectivity index (χ4n) is 4.84. The third-order valence-electron chi connectivity index (χ3n) is 6.75. The number of piperazine rings is 1. The van der Waals surface area contributed by atoms with E-state index in [1.807, 2.05) is 36.2 Å². The topological polar surface area (TPSA) is 73.9 Å². The summed E-state index contributed by atoms with van der Waals surface area (Å²) in [4.78, 5) is 30.1. The molecule has 182 valence electrons. The van der Waals surface area contributed by atoms with E-state index in [1.165, 1.54) is 6.07 Å². The Labute approximate surface area is 198 Å². The van der Waals surface area contributed by atoms with Crippen LogP contribution in [0.3, 0.4) is 0 Å². The molecule has 1 saturated heterocycles. The number of hydrogen-bond donors (Lipinski definition) is 2. The van der Waals surface area contributed by atoms with Gasteiger partial charge < -0.3 is 25.2 Å². The first-order chi connectivity index (χ1) is 16.3. The van der Waals surface area contributed by atoms with Crippen molar-refractivity contribution in [2.45, 2.75) is 24.8 Å². The van der Waals surface area contributed by atoms with Gasteiger partial charge in [-0.3, -0.25) is 4.79 Å². The van der Waals surface area contributed by atoms with E-state index in [-0.39, 0.29) is 29.5 Å². The minimum atomic E-state index is -0.846. The van der Waals surface area contributed by atoms with Crippen molar-refractivity contribution in [3.05, 3.63) is 59.7 Å². The molecular formula is C25H30F2N4O3. The maximum Gasteiger partial charge on any atom is 0.319 e. The Morgan fingerprint density at radius 2 is 1.71 bits per heavy atom. The van der Waals surface area contributed by atoms with Crippen molar-refractivity contribution in [3.8, 4) is 5.75 Å². The number of nitrogens with one attached hydrogen (secondary N) is 2. The maximum atomic E-state index is 13.9. The molecule has 34 heavy (non-hydrogen) atoms. The molecule has 7 nitrogen and oxygen atoms in total. The van der Waals surface area contributed by atoms with Crippen molar-refractivity contribution in [2.75, 3.05) is 45.7 Å². The number of nitrogens with zero attached hydrogens (tertiary/aromatic N) is 2. The Bertz CT molecular complexity index is 1030. The standard InChI is InChI=1S/C25H30F2N4O3/c1-30-9-11-31(12-10-30)24(32)21-15-18(14-20(21)16-3-6-19(34-2)7-4-16)28-25(33)29-23-8-5-17(26)13-22(23)27/h3-8,13,18,20-21H,9-12,14-15H2,1-2H3,(H2,28,29,33)/t18-,20+,21-/m0/s1. The molecule has 1 aliphatic heterocycles. The first-order valence-corrected chi connectivity index (χ1v) is 11.5. The number of carbonyl (C=O) groups excluding carboxylic acids is 2. The highest BCUT2D eigenvalue weighted by Crippen LogP contribution is 2.41. The lowest BCUT2D eigenvalue weighted by Gasteiger charge is -2.35. The molecule has 3 atom stereocenters. The van der Waals surface area contributed by atoms with E-state index in [1.54, 1.807) is 7.11 Å². The predicted octanol–water partition coefficient (Wildman–Crippen LogP) is 3.43. The molecule has 0 radical (unpaired) electrons. The van der Waals surface area contributed by atoms with Gasteiger partial charge >= 0.3 is 6.03 Å². The number of urea groups is 1. The Morgan fingerprint density at radius 3 is 2.35 bits per heavy atom. The first-order valence-electron chi connectivity index (χ1n) is 11.5. The summed E-state index contributed by atoms with van der Waals surface area (Å²) < 4.78 is 32.3. The SMILES string of the molecule is COc1ccc([C@H]2C[C@H](NC(=O)Nc3ccc(F)cc3F)C[C@@H]2C(=O)N2CCN(C)CC2)cc1. The molecule has 1 aliphatic carbocycles. The van der Waals surface area contributed by atoms with Gasteiger partial charge in [-0.15, -0.1) is 0 Å². The molecule has 4 rings (SSSR count). The van der Waals surface area contributed by atoms with Crippen LogP contribution in [-0.2, 0) is 4.79 Å². The van der Waals surface area contributed by atoms with Gasteiger partial charge in [-0.05, 0) is 55.6 Å². The lowest BCUT2D eigenvalue weighted by Crippen LogP contribution is -2.49. The summed E-state index contributed by atoms with van der Waals surface area (Å²) in [6, 6.07) is 9.80. The summed E-state index contributed by atoms with van der Waals surface area (Å²) in [5.74, 6) is -1.06. The van der Waals surface area contributed by atoms with Crippen LogP contribution in [0.1, 0.15) is 24.3 Å². The van der Waals surface area contributed by atoms with Crippen molar-refractivity contribution >= 4 is 17.6 Å². The van der Waals surface area contributed by atoms with Crippen LogP contribution in [0.15, 0.2) is 42.5 Å². The predicted molar refractivity (Wildman–Crippen MR) is 125 cm³/mol. The van der Waals surface area contributed by atoms with Crippen LogP contribution in [0.25, 0.3) is 0 Å². The van der Waals surface area contributed by atoms with Crippen molar-refractivity contribution < 1.29 is 23.1 Å². The molecule has 9 heteroatoms. The highest BCUT2D eigenvalue weighted by molar-refractivity contribution is 5.89.